The monoisotopic (exact) mass is 285 g/mol. The van der Waals surface area contributed by atoms with Gasteiger partial charge in [-0.15, -0.1) is 0 Å². The van der Waals surface area contributed by atoms with E-state index in [1.54, 1.807) is 6.92 Å². The molecular weight excluding hydrogens is 271 g/mol. The molecule has 4 nitrogen and oxygen atoms in total. The minimum Gasteiger partial charge on any atom is -0.339 e. The Kier molecular flexibility index (Phi) is 3.80. The summed E-state index contributed by atoms with van der Waals surface area (Å²) in [6.45, 7) is 3.60. The van der Waals surface area contributed by atoms with E-state index in [0.717, 1.165) is 12.1 Å². The largest absolute Gasteiger partial charge is 0.416 e. The maximum atomic E-state index is 12.6. The minimum absolute atomic E-state index is 0.124. The van der Waals surface area contributed by atoms with E-state index < -0.39 is 11.7 Å². The Morgan fingerprint density at radius 3 is 2.55 bits per heavy atom. The molecule has 108 valence electrons. The second-order valence-corrected chi connectivity index (χ2v) is 4.68. The van der Waals surface area contributed by atoms with Gasteiger partial charge in [0.1, 0.15) is 0 Å². The van der Waals surface area contributed by atoms with Crippen molar-refractivity contribution in [2.45, 2.75) is 32.0 Å². The standard InChI is InChI=1S/C13H14F3N3O/c1-7(8(2)17)12-18-11(19-20-12)9-4-3-5-10(6-9)13(14,15)16/h3-8H,17H2,1-2H3. The van der Waals surface area contributed by atoms with Crippen molar-refractivity contribution in [3.8, 4) is 11.4 Å². The number of nitrogens with zero attached hydrogens (tertiary/aromatic N) is 2. The van der Waals surface area contributed by atoms with Crippen molar-refractivity contribution in [3.63, 3.8) is 0 Å². The molecule has 0 saturated heterocycles. The lowest BCUT2D eigenvalue weighted by atomic mass is 10.1. The maximum absolute atomic E-state index is 12.6. The van der Waals surface area contributed by atoms with Gasteiger partial charge in [-0.2, -0.15) is 18.2 Å². The van der Waals surface area contributed by atoms with E-state index in [0.29, 0.717) is 5.89 Å². The molecule has 1 aromatic carbocycles. The normalized spacial score (nSPS) is 15.1. The summed E-state index contributed by atoms with van der Waals surface area (Å²) in [7, 11) is 0. The topological polar surface area (TPSA) is 64.9 Å². The van der Waals surface area contributed by atoms with Gasteiger partial charge in [-0.05, 0) is 19.1 Å². The van der Waals surface area contributed by atoms with E-state index in [-0.39, 0.29) is 23.3 Å². The smallest absolute Gasteiger partial charge is 0.339 e. The number of alkyl halides is 3. The van der Waals surface area contributed by atoms with Crippen LogP contribution in [0.3, 0.4) is 0 Å². The highest BCUT2D eigenvalue weighted by Gasteiger charge is 2.31. The first-order chi connectivity index (χ1) is 9.29. The third kappa shape index (κ3) is 2.98. The van der Waals surface area contributed by atoms with Crippen LogP contribution in [0.1, 0.15) is 31.2 Å². The minimum atomic E-state index is -4.40. The number of aromatic nitrogens is 2. The molecule has 2 atom stereocenters. The van der Waals surface area contributed by atoms with Crippen LogP contribution in [0, 0.1) is 0 Å². The molecule has 0 aliphatic carbocycles. The lowest BCUT2D eigenvalue weighted by molar-refractivity contribution is -0.137. The quantitative estimate of drug-likeness (QED) is 0.940. The van der Waals surface area contributed by atoms with Gasteiger partial charge in [-0.1, -0.05) is 24.2 Å². The second kappa shape index (κ2) is 5.24. The number of rotatable bonds is 3. The van der Waals surface area contributed by atoms with Crippen molar-refractivity contribution >= 4 is 0 Å². The van der Waals surface area contributed by atoms with Crippen LogP contribution in [0.2, 0.25) is 0 Å². The molecule has 2 N–H and O–H groups in total. The molecule has 1 heterocycles. The summed E-state index contributed by atoms with van der Waals surface area (Å²) in [4.78, 5) is 4.10. The first-order valence-electron chi connectivity index (χ1n) is 6.06. The Balaban J connectivity index is 2.33. The van der Waals surface area contributed by atoms with Crippen LogP contribution in [-0.4, -0.2) is 16.2 Å². The van der Waals surface area contributed by atoms with Gasteiger partial charge in [0, 0.05) is 11.6 Å². The number of nitrogens with two attached hydrogens (primary N) is 1. The molecule has 20 heavy (non-hydrogen) atoms. The highest BCUT2D eigenvalue weighted by molar-refractivity contribution is 5.55. The second-order valence-electron chi connectivity index (χ2n) is 4.68. The summed E-state index contributed by atoms with van der Waals surface area (Å²) >= 11 is 0. The van der Waals surface area contributed by atoms with Gasteiger partial charge in [0.25, 0.3) is 0 Å². The van der Waals surface area contributed by atoms with Crippen LogP contribution in [-0.2, 0) is 6.18 Å². The third-order valence-corrected chi connectivity index (χ3v) is 3.07. The maximum Gasteiger partial charge on any atom is 0.416 e. The van der Waals surface area contributed by atoms with Gasteiger partial charge in [0.05, 0.1) is 11.5 Å². The lowest BCUT2D eigenvalue weighted by Gasteiger charge is -2.09. The molecular formula is C13H14F3N3O. The Labute approximate surface area is 113 Å². The van der Waals surface area contributed by atoms with Crippen LogP contribution in [0.25, 0.3) is 11.4 Å². The van der Waals surface area contributed by atoms with Gasteiger partial charge in [0.2, 0.25) is 11.7 Å². The summed E-state index contributed by atoms with van der Waals surface area (Å²) in [5.41, 5.74) is 5.23. The average Bonchev–Trinajstić information content (AvgIpc) is 2.86. The fraction of sp³-hybridized carbons (Fsp3) is 0.385. The van der Waals surface area contributed by atoms with Crippen LogP contribution in [0.15, 0.2) is 28.8 Å². The highest BCUT2D eigenvalue weighted by atomic mass is 19.4. The molecule has 0 bridgehead atoms. The Hall–Kier alpha value is -1.89. The molecule has 0 fully saturated rings. The van der Waals surface area contributed by atoms with E-state index >= 15 is 0 Å². The molecule has 0 aliphatic heterocycles. The summed E-state index contributed by atoms with van der Waals surface area (Å²) in [6, 6.07) is 4.61. The van der Waals surface area contributed by atoms with Crippen molar-refractivity contribution in [2.24, 2.45) is 5.73 Å². The number of benzene rings is 1. The number of hydrogen-bond donors (Lipinski definition) is 1. The zero-order chi connectivity index (χ0) is 14.9. The number of hydrogen-bond acceptors (Lipinski definition) is 4. The zero-order valence-corrected chi connectivity index (χ0v) is 11.0. The van der Waals surface area contributed by atoms with Crippen molar-refractivity contribution < 1.29 is 17.7 Å². The van der Waals surface area contributed by atoms with Crippen molar-refractivity contribution in [2.75, 3.05) is 0 Å². The van der Waals surface area contributed by atoms with E-state index in [4.69, 9.17) is 10.3 Å². The Morgan fingerprint density at radius 2 is 1.95 bits per heavy atom. The van der Waals surface area contributed by atoms with Crippen LogP contribution >= 0.6 is 0 Å². The molecule has 2 rings (SSSR count). The molecule has 0 aliphatic rings. The van der Waals surface area contributed by atoms with Crippen LogP contribution in [0.5, 0.6) is 0 Å². The van der Waals surface area contributed by atoms with Crippen molar-refractivity contribution in [1.82, 2.24) is 10.1 Å². The molecule has 0 amide bonds. The van der Waals surface area contributed by atoms with E-state index in [2.05, 4.69) is 10.1 Å². The highest BCUT2D eigenvalue weighted by Crippen LogP contribution is 2.31. The van der Waals surface area contributed by atoms with E-state index in [1.807, 2.05) is 6.92 Å². The number of halogens is 3. The summed E-state index contributed by atoms with van der Waals surface area (Å²) in [5, 5.41) is 3.70. The van der Waals surface area contributed by atoms with Gasteiger partial charge in [-0.25, -0.2) is 0 Å². The Bertz CT molecular complexity index is 593. The van der Waals surface area contributed by atoms with Crippen LogP contribution < -0.4 is 5.73 Å². The zero-order valence-electron chi connectivity index (χ0n) is 11.0. The van der Waals surface area contributed by atoms with Crippen molar-refractivity contribution in [1.29, 1.82) is 0 Å². The molecule has 2 aromatic rings. The van der Waals surface area contributed by atoms with Gasteiger partial charge in [-0.3, -0.25) is 0 Å². The van der Waals surface area contributed by atoms with Gasteiger partial charge in [0.15, 0.2) is 0 Å². The Morgan fingerprint density at radius 1 is 1.25 bits per heavy atom. The van der Waals surface area contributed by atoms with E-state index in [1.165, 1.54) is 12.1 Å². The predicted molar refractivity (Wildman–Crippen MR) is 66.8 cm³/mol. The third-order valence-electron chi connectivity index (χ3n) is 3.07. The summed E-state index contributed by atoms with van der Waals surface area (Å²) in [6.07, 6.45) is -4.40. The summed E-state index contributed by atoms with van der Waals surface area (Å²) < 4.78 is 43.0. The fourth-order valence-electron chi connectivity index (χ4n) is 1.60. The van der Waals surface area contributed by atoms with E-state index in [9.17, 15) is 13.2 Å². The molecule has 2 unspecified atom stereocenters. The van der Waals surface area contributed by atoms with Crippen molar-refractivity contribution in [3.05, 3.63) is 35.7 Å². The summed E-state index contributed by atoms with van der Waals surface area (Å²) in [5.74, 6) is 0.271. The molecule has 0 saturated carbocycles. The SMILES string of the molecule is CC(N)C(C)c1nc(-c2cccc(C(F)(F)F)c2)no1. The first kappa shape index (κ1) is 14.5. The van der Waals surface area contributed by atoms with Crippen LogP contribution in [0.4, 0.5) is 13.2 Å². The molecule has 1 aromatic heterocycles. The molecule has 0 spiro atoms. The van der Waals surface area contributed by atoms with Gasteiger partial charge < -0.3 is 10.3 Å². The predicted octanol–water partition coefficient (Wildman–Crippen LogP) is 3.21. The lowest BCUT2D eigenvalue weighted by Crippen LogP contribution is -2.22. The average molecular weight is 285 g/mol. The molecule has 0 radical (unpaired) electrons. The van der Waals surface area contributed by atoms with Gasteiger partial charge >= 0.3 is 6.18 Å². The first-order valence-corrected chi connectivity index (χ1v) is 6.06. The molecule has 7 heteroatoms. The fourth-order valence-corrected chi connectivity index (χ4v) is 1.60.